The molecule has 0 spiro atoms. The van der Waals surface area contributed by atoms with Crippen LogP contribution in [0.4, 0.5) is 0 Å². The van der Waals surface area contributed by atoms with Gasteiger partial charge in [0, 0.05) is 10.1 Å². The van der Waals surface area contributed by atoms with E-state index in [4.69, 9.17) is 4.43 Å². The molecule has 0 aromatic heterocycles. The molecule has 0 aliphatic carbocycles. The van der Waals surface area contributed by atoms with E-state index in [9.17, 15) is 0 Å². The van der Waals surface area contributed by atoms with Crippen molar-refractivity contribution in [3.05, 3.63) is 139 Å². The van der Waals surface area contributed by atoms with Gasteiger partial charge in [-0.25, -0.2) is 0 Å². The zero-order valence-electron chi connectivity index (χ0n) is 22.4. The van der Waals surface area contributed by atoms with Crippen LogP contribution in [0.3, 0.4) is 0 Å². The Morgan fingerprint density at radius 1 is 0.703 bits per heavy atom. The Bertz CT molecular complexity index is 1200. The van der Waals surface area contributed by atoms with E-state index in [0.29, 0.717) is 5.25 Å². The van der Waals surface area contributed by atoms with Gasteiger partial charge in [-0.1, -0.05) is 142 Å². The normalized spacial score (nSPS) is 13.9. The Labute approximate surface area is 228 Å². The SMILES string of the molecule is CC(/C=C\C[C@@H](O[Si](c1ccccc1)(c1ccccc1)C(C)(C)C)c1ccccc1)Sc1ccccc1. The summed E-state index contributed by atoms with van der Waals surface area (Å²) in [5.74, 6) is 0. The van der Waals surface area contributed by atoms with Gasteiger partial charge in [0.1, 0.15) is 0 Å². The number of rotatable bonds is 10. The third-order valence-electron chi connectivity index (χ3n) is 6.73. The van der Waals surface area contributed by atoms with E-state index in [1.807, 2.05) is 11.8 Å². The average Bonchev–Trinajstić information content (AvgIpc) is 2.92. The van der Waals surface area contributed by atoms with Crippen molar-refractivity contribution >= 4 is 30.5 Å². The molecule has 4 aromatic rings. The second-order valence-corrected chi connectivity index (χ2v) is 16.2. The molecule has 190 valence electrons. The summed E-state index contributed by atoms with van der Waals surface area (Å²) in [4.78, 5) is 1.29. The molecule has 2 atom stereocenters. The lowest BCUT2D eigenvalue weighted by atomic mass is 10.1. The van der Waals surface area contributed by atoms with Gasteiger partial charge in [0.05, 0.1) is 6.10 Å². The smallest absolute Gasteiger partial charge is 0.261 e. The van der Waals surface area contributed by atoms with Crippen LogP contribution in [-0.2, 0) is 4.43 Å². The number of benzene rings is 4. The standard InChI is InChI=1S/C34H38OSSi/c1-28(36-30-21-11-6-12-22-30)18-17-27-33(29-19-9-5-10-20-29)35-37(34(2,3)4,31-23-13-7-14-24-31)32-25-15-8-16-26-32/h5-26,28,33H,27H2,1-4H3/b18-17-/t28?,33-/m1/s1. The molecule has 1 unspecified atom stereocenters. The maximum Gasteiger partial charge on any atom is 0.261 e. The lowest BCUT2D eigenvalue weighted by Gasteiger charge is -2.45. The molecule has 0 bridgehead atoms. The first-order valence-electron chi connectivity index (χ1n) is 13.1. The van der Waals surface area contributed by atoms with Crippen LogP contribution in [0.1, 0.15) is 45.8 Å². The molecule has 0 N–H and O–H groups in total. The highest BCUT2D eigenvalue weighted by molar-refractivity contribution is 8.00. The molecule has 0 fully saturated rings. The van der Waals surface area contributed by atoms with Gasteiger partial charge >= 0.3 is 0 Å². The maximum atomic E-state index is 7.54. The zero-order valence-corrected chi connectivity index (χ0v) is 24.2. The average molecular weight is 523 g/mol. The van der Waals surface area contributed by atoms with Gasteiger partial charge in [-0.3, -0.25) is 0 Å². The molecule has 0 heterocycles. The van der Waals surface area contributed by atoms with Crippen LogP contribution in [0.15, 0.2) is 138 Å². The molecule has 0 saturated heterocycles. The Hall–Kier alpha value is -2.85. The van der Waals surface area contributed by atoms with Crippen LogP contribution in [0.2, 0.25) is 5.04 Å². The fraction of sp³-hybridized carbons (Fsp3) is 0.235. The summed E-state index contributed by atoms with van der Waals surface area (Å²) in [5, 5.41) is 2.94. The van der Waals surface area contributed by atoms with Gasteiger partial charge in [-0.2, -0.15) is 0 Å². The van der Waals surface area contributed by atoms with Crippen molar-refractivity contribution in [3.8, 4) is 0 Å². The maximum absolute atomic E-state index is 7.54. The molecule has 0 saturated carbocycles. The second kappa shape index (κ2) is 12.6. The Kier molecular flexibility index (Phi) is 9.26. The minimum Gasteiger partial charge on any atom is -0.400 e. The first-order valence-corrected chi connectivity index (χ1v) is 15.9. The lowest BCUT2D eigenvalue weighted by Crippen LogP contribution is -2.66. The summed E-state index contributed by atoms with van der Waals surface area (Å²) < 4.78 is 7.54. The summed E-state index contributed by atoms with van der Waals surface area (Å²) in [6, 6.07) is 43.2. The Balaban J connectivity index is 1.70. The van der Waals surface area contributed by atoms with E-state index in [2.05, 4.69) is 161 Å². The van der Waals surface area contributed by atoms with Crippen LogP contribution in [0.5, 0.6) is 0 Å². The molecule has 37 heavy (non-hydrogen) atoms. The third-order valence-corrected chi connectivity index (χ3v) is 12.8. The fourth-order valence-corrected chi connectivity index (χ4v) is 10.6. The third kappa shape index (κ3) is 6.73. The van der Waals surface area contributed by atoms with Crippen molar-refractivity contribution in [2.24, 2.45) is 0 Å². The van der Waals surface area contributed by atoms with Crippen molar-refractivity contribution in [1.29, 1.82) is 0 Å². The van der Waals surface area contributed by atoms with E-state index >= 15 is 0 Å². The van der Waals surface area contributed by atoms with Crippen molar-refractivity contribution < 1.29 is 4.43 Å². The molecule has 4 rings (SSSR count). The highest BCUT2D eigenvalue weighted by atomic mass is 32.2. The molecule has 0 radical (unpaired) electrons. The van der Waals surface area contributed by atoms with Gasteiger partial charge in [-0.05, 0) is 46.5 Å². The first kappa shape index (κ1) is 27.2. The monoisotopic (exact) mass is 522 g/mol. The van der Waals surface area contributed by atoms with Gasteiger partial charge in [0.25, 0.3) is 8.32 Å². The van der Waals surface area contributed by atoms with Crippen LogP contribution >= 0.6 is 11.8 Å². The molecule has 3 heteroatoms. The van der Waals surface area contributed by atoms with E-state index in [0.717, 1.165) is 6.42 Å². The number of hydrogen-bond acceptors (Lipinski definition) is 2. The predicted molar refractivity (Wildman–Crippen MR) is 163 cm³/mol. The largest absolute Gasteiger partial charge is 0.400 e. The van der Waals surface area contributed by atoms with Crippen LogP contribution < -0.4 is 10.4 Å². The molecule has 0 aliphatic rings. The first-order chi connectivity index (χ1) is 17.9. The number of hydrogen-bond donors (Lipinski definition) is 0. The highest BCUT2D eigenvalue weighted by Crippen LogP contribution is 2.40. The second-order valence-electron chi connectivity index (χ2n) is 10.5. The topological polar surface area (TPSA) is 9.23 Å². The fourth-order valence-electron chi connectivity index (χ4n) is 4.97. The summed E-state index contributed by atoms with van der Waals surface area (Å²) >= 11 is 1.88. The minimum absolute atomic E-state index is 0.0438. The van der Waals surface area contributed by atoms with Gasteiger partial charge in [-0.15, -0.1) is 11.8 Å². The van der Waals surface area contributed by atoms with E-state index in [-0.39, 0.29) is 11.1 Å². The van der Waals surface area contributed by atoms with Gasteiger partial charge in [0.15, 0.2) is 0 Å². The van der Waals surface area contributed by atoms with Crippen molar-refractivity contribution in [1.82, 2.24) is 0 Å². The zero-order chi connectivity index (χ0) is 26.1. The summed E-state index contributed by atoms with van der Waals surface area (Å²) in [6.07, 6.45) is 5.42. The van der Waals surface area contributed by atoms with Gasteiger partial charge < -0.3 is 4.43 Å². The summed E-state index contributed by atoms with van der Waals surface area (Å²) in [7, 11) is -2.67. The van der Waals surface area contributed by atoms with Crippen LogP contribution in [0, 0.1) is 0 Å². The molecule has 0 aliphatic heterocycles. The summed E-state index contributed by atoms with van der Waals surface area (Å²) in [6.45, 7) is 9.29. The molecular formula is C34H38OSSi. The van der Waals surface area contributed by atoms with Crippen molar-refractivity contribution in [3.63, 3.8) is 0 Å². The molecular weight excluding hydrogens is 485 g/mol. The molecule has 0 amide bonds. The van der Waals surface area contributed by atoms with Gasteiger partial charge in [0.2, 0.25) is 0 Å². The lowest BCUT2D eigenvalue weighted by molar-refractivity contribution is 0.194. The molecule has 4 aromatic carbocycles. The predicted octanol–water partition coefficient (Wildman–Crippen LogP) is 8.43. The quantitative estimate of drug-likeness (QED) is 0.117. The van der Waals surface area contributed by atoms with E-state index < -0.39 is 8.32 Å². The minimum atomic E-state index is -2.67. The van der Waals surface area contributed by atoms with Crippen LogP contribution in [0.25, 0.3) is 0 Å². The van der Waals surface area contributed by atoms with E-state index in [1.54, 1.807) is 0 Å². The number of thioether (sulfide) groups is 1. The Morgan fingerprint density at radius 2 is 1.16 bits per heavy atom. The Morgan fingerprint density at radius 3 is 1.65 bits per heavy atom. The molecule has 1 nitrogen and oxygen atoms in total. The highest BCUT2D eigenvalue weighted by Gasteiger charge is 2.51. The van der Waals surface area contributed by atoms with Crippen molar-refractivity contribution in [2.75, 3.05) is 0 Å². The van der Waals surface area contributed by atoms with Crippen LogP contribution in [-0.4, -0.2) is 13.6 Å². The van der Waals surface area contributed by atoms with E-state index in [1.165, 1.54) is 20.8 Å². The van der Waals surface area contributed by atoms with Crippen molar-refractivity contribution in [2.45, 2.75) is 55.4 Å². The summed E-state index contributed by atoms with van der Waals surface area (Å²) in [5.41, 5.74) is 1.23.